The maximum Gasteiger partial charge on any atom is 0.346 e. The van der Waals surface area contributed by atoms with Crippen molar-refractivity contribution in [3.63, 3.8) is 0 Å². The van der Waals surface area contributed by atoms with Crippen molar-refractivity contribution in [3.05, 3.63) is 91.6 Å². The highest BCUT2D eigenvalue weighted by molar-refractivity contribution is 9.10. The summed E-state index contributed by atoms with van der Waals surface area (Å²) in [7, 11) is 1.30. The highest BCUT2D eigenvalue weighted by Gasteiger charge is 2.18. The lowest BCUT2D eigenvalue weighted by Crippen LogP contribution is -2.25. The van der Waals surface area contributed by atoms with Gasteiger partial charge in [-0.2, -0.15) is 9.78 Å². The Hall–Kier alpha value is -3.76. The molecule has 0 amide bonds. The summed E-state index contributed by atoms with van der Waals surface area (Å²) in [4.78, 5) is 29.8. The standard InChI is InChI=1S/C27H19Br2N3O5/c1-15(27(34)35-2)36-23-9-7-16(11-20(23)29)14-30-32-25(31-21-6-4-3-5-19(21)26(32)33)24-13-17-12-18(28)8-10-22(17)37-24/h3-15H,1-2H3/t15-/m1/s1. The quantitative estimate of drug-likeness (QED) is 0.166. The second-order valence-electron chi connectivity index (χ2n) is 8.08. The lowest BCUT2D eigenvalue weighted by atomic mass is 10.2. The average Bonchev–Trinajstić information content (AvgIpc) is 3.32. The smallest absolute Gasteiger partial charge is 0.346 e. The van der Waals surface area contributed by atoms with Crippen LogP contribution < -0.4 is 10.3 Å². The largest absolute Gasteiger partial charge is 0.478 e. The highest BCUT2D eigenvalue weighted by Crippen LogP contribution is 2.30. The van der Waals surface area contributed by atoms with Crippen LogP contribution in [0, 0.1) is 0 Å². The molecule has 0 bridgehead atoms. The summed E-state index contributed by atoms with van der Waals surface area (Å²) >= 11 is 6.93. The Bertz CT molecular complexity index is 1740. The van der Waals surface area contributed by atoms with Crippen LogP contribution in [0.2, 0.25) is 0 Å². The van der Waals surface area contributed by atoms with Gasteiger partial charge in [0.25, 0.3) is 5.56 Å². The first-order valence-electron chi connectivity index (χ1n) is 11.1. The van der Waals surface area contributed by atoms with Gasteiger partial charge in [0.1, 0.15) is 11.3 Å². The lowest BCUT2D eigenvalue weighted by Gasteiger charge is -2.14. The van der Waals surface area contributed by atoms with Crippen molar-refractivity contribution >= 4 is 65.9 Å². The molecule has 8 nitrogen and oxygen atoms in total. The highest BCUT2D eigenvalue weighted by atomic mass is 79.9. The van der Waals surface area contributed by atoms with Gasteiger partial charge in [-0.15, -0.1) is 0 Å². The third kappa shape index (κ3) is 5.07. The van der Waals surface area contributed by atoms with E-state index in [1.54, 1.807) is 49.5 Å². The minimum atomic E-state index is -0.768. The average molecular weight is 625 g/mol. The number of carbonyl (C=O) groups excluding carboxylic acids is 1. The molecule has 3 aromatic carbocycles. The van der Waals surface area contributed by atoms with Gasteiger partial charge in [-0.3, -0.25) is 4.79 Å². The van der Waals surface area contributed by atoms with Gasteiger partial charge in [-0.05, 0) is 83.0 Å². The molecule has 0 radical (unpaired) electrons. The van der Waals surface area contributed by atoms with E-state index < -0.39 is 12.1 Å². The summed E-state index contributed by atoms with van der Waals surface area (Å²) in [5.41, 5.74) is 1.56. The topological polar surface area (TPSA) is 95.9 Å². The molecule has 0 spiro atoms. The lowest BCUT2D eigenvalue weighted by molar-refractivity contribution is -0.147. The third-order valence-electron chi connectivity index (χ3n) is 5.57. The minimum Gasteiger partial charge on any atom is -0.478 e. The third-order valence-corrected chi connectivity index (χ3v) is 6.68. The Morgan fingerprint density at radius 2 is 1.92 bits per heavy atom. The van der Waals surface area contributed by atoms with E-state index >= 15 is 0 Å². The number of ether oxygens (including phenoxy) is 2. The fraction of sp³-hybridized carbons (Fsp3) is 0.111. The molecular weight excluding hydrogens is 606 g/mol. The van der Waals surface area contributed by atoms with Gasteiger partial charge >= 0.3 is 5.97 Å². The molecule has 0 saturated heterocycles. The summed E-state index contributed by atoms with van der Waals surface area (Å²) in [5.74, 6) is 0.674. The fourth-order valence-electron chi connectivity index (χ4n) is 3.74. The number of hydrogen-bond acceptors (Lipinski definition) is 7. The van der Waals surface area contributed by atoms with Gasteiger partial charge in [0.05, 0.1) is 28.7 Å². The first kappa shape index (κ1) is 24.9. The number of furan rings is 1. The van der Waals surface area contributed by atoms with Crippen molar-refractivity contribution in [1.82, 2.24) is 9.66 Å². The Morgan fingerprint density at radius 3 is 2.70 bits per heavy atom. The van der Waals surface area contributed by atoms with Crippen LogP contribution in [0.25, 0.3) is 33.5 Å². The summed E-state index contributed by atoms with van der Waals surface area (Å²) in [6.07, 6.45) is 0.772. The first-order chi connectivity index (χ1) is 17.8. The molecule has 2 aromatic heterocycles. The van der Waals surface area contributed by atoms with Gasteiger partial charge < -0.3 is 13.9 Å². The molecule has 0 aliphatic heterocycles. The van der Waals surface area contributed by atoms with Crippen molar-refractivity contribution in [1.29, 1.82) is 0 Å². The molecule has 1 atom stereocenters. The van der Waals surface area contributed by atoms with Crippen LogP contribution in [0.3, 0.4) is 0 Å². The van der Waals surface area contributed by atoms with Gasteiger partial charge in [0.15, 0.2) is 11.9 Å². The predicted molar refractivity (Wildman–Crippen MR) is 148 cm³/mol. The van der Waals surface area contributed by atoms with Crippen molar-refractivity contribution < 1.29 is 18.7 Å². The van der Waals surface area contributed by atoms with E-state index in [0.717, 1.165) is 9.86 Å². The molecule has 0 aliphatic rings. The van der Waals surface area contributed by atoms with Gasteiger partial charge in [0.2, 0.25) is 5.82 Å². The summed E-state index contributed by atoms with van der Waals surface area (Å²) in [5, 5.41) is 5.77. The molecule has 37 heavy (non-hydrogen) atoms. The Kier molecular flexibility index (Phi) is 6.94. The number of methoxy groups -OCH3 is 1. The van der Waals surface area contributed by atoms with E-state index in [2.05, 4.69) is 37.0 Å². The number of carbonyl (C=O) groups is 1. The van der Waals surface area contributed by atoms with E-state index in [9.17, 15) is 9.59 Å². The zero-order valence-corrected chi connectivity index (χ0v) is 22.8. The molecule has 186 valence electrons. The van der Waals surface area contributed by atoms with Crippen molar-refractivity contribution in [2.45, 2.75) is 13.0 Å². The first-order valence-corrected chi connectivity index (χ1v) is 12.7. The second kappa shape index (κ2) is 10.3. The van der Waals surface area contributed by atoms with Crippen molar-refractivity contribution in [3.8, 4) is 17.3 Å². The Morgan fingerprint density at radius 1 is 1.11 bits per heavy atom. The number of nitrogens with zero attached hydrogens (tertiary/aromatic N) is 3. The number of aromatic nitrogens is 2. The Labute approximate surface area is 227 Å². The molecule has 2 heterocycles. The second-order valence-corrected chi connectivity index (χ2v) is 9.85. The molecule has 0 fully saturated rings. The molecule has 10 heteroatoms. The van der Waals surface area contributed by atoms with Crippen molar-refractivity contribution in [2.24, 2.45) is 5.10 Å². The van der Waals surface area contributed by atoms with E-state index in [0.29, 0.717) is 38.0 Å². The summed E-state index contributed by atoms with van der Waals surface area (Å²) in [6.45, 7) is 1.60. The summed E-state index contributed by atoms with van der Waals surface area (Å²) < 4.78 is 19.1. The number of para-hydroxylation sites is 1. The van der Waals surface area contributed by atoms with Crippen LogP contribution in [-0.2, 0) is 9.53 Å². The predicted octanol–water partition coefficient (Wildman–Crippen LogP) is 6.16. The van der Waals surface area contributed by atoms with E-state index in [1.807, 2.05) is 30.3 Å². The number of esters is 1. The number of benzene rings is 3. The number of fused-ring (bicyclic) bond motifs is 2. The normalized spacial score (nSPS) is 12.3. The molecule has 0 N–H and O–H groups in total. The maximum atomic E-state index is 13.4. The zero-order chi connectivity index (χ0) is 26.1. The van der Waals surface area contributed by atoms with Crippen LogP contribution in [0.15, 0.2) is 90.0 Å². The number of hydrogen-bond donors (Lipinski definition) is 0. The maximum absolute atomic E-state index is 13.4. The van der Waals surface area contributed by atoms with E-state index in [1.165, 1.54) is 11.8 Å². The van der Waals surface area contributed by atoms with Crippen molar-refractivity contribution in [2.75, 3.05) is 7.11 Å². The van der Waals surface area contributed by atoms with E-state index in [-0.39, 0.29) is 11.4 Å². The van der Waals surface area contributed by atoms with Crippen LogP contribution in [0.4, 0.5) is 0 Å². The van der Waals surface area contributed by atoms with Crippen LogP contribution >= 0.6 is 31.9 Å². The molecule has 5 aromatic rings. The Balaban J connectivity index is 1.56. The minimum absolute atomic E-state index is 0.276. The fourth-order valence-corrected chi connectivity index (χ4v) is 4.61. The van der Waals surface area contributed by atoms with Crippen LogP contribution in [-0.4, -0.2) is 35.1 Å². The number of halogens is 2. The monoisotopic (exact) mass is 623 g/mol. The molecule has 0 unspecified atom stereocenters. The molecule has 5 rings (SSSR count). The molecular formula is C27H19Br2N3O5. The SMILES string of the molecule is COC(=O)[C@@H](C)Oc1ccc(C=Nn2c(-c3cc4cc(Br)ccc4o3)nc3ccccc3c2=O)cc1Br. The summed E-state index contributed by atoms with van der Waals surface area (Å²) in [6, 6.07) is 19.8. The molecule has 0 saturated carbocycles. The van der Waals surface area contributed by atoms with Gasteiger partial charge in [-0.1, -0.05) is 28.1 Å². The van der Waals surface area contributed by atoms with E-state index in [4.69, 9.17) is 18.9 Å². The van der Waals surface area contributed by atoms with Gasteiger partial charge in [0, 0.05) is 9.86 Å². The van der Waals surface area contributed by atoms with Crippen LogP contribution in [0.5, 0.6) is 5.75 Å². The molecule has 0 aliphatic carbocycles. The van der Waals surface area contributed by atoms with Gasteiger partial charge in [-0.25, -0.2) is 9.78 Å². The zero-order valence-electron chi connectivity index (χ0n) is 19.6. The van der Waals surface area contributed by atoms with Crippen LogP contribution in [0.1, 0.15) is 12.5 Å². The number of rotatable bonds is 6.